The van der Waals surface area contributed by atoms with Crippen molar-refractivity contribution < 1.29 is 35.9 Å². The van der Waals surface area contributed by atoms with Crippen LogP contribution in [-0.2, 0) is 19.6 Å². The number of benzene rings is 1. The van der Waals surface area contributed by atoms with Crippen LogP contribution in [0.2, 0.25) is 0 Å². The van der Waals surface area contributed by atoms with E-state index in [1.807, 2.05) is 0 Å². The Morgan fingerprint density at radius 3 is 2.29 bits per heavy atom. The summed E-state index contributed by atoms with van der Waals surface area (Å²) in [6, 6.07) is 2.88. The third-order valence-electron chi connectivity index (χ3n) is 7.47. The number of hydrogen-bond acceptors (Lipinski definition) is 5. The summed E-state index contributed by atoms with van der Waals surface area (Å²) in [5.41, 5.74) is 3.49. The Hall–Kier alpha value is -1.86. The summed E-state index contributed by atoms with van der Waals surface area (Å²) in [5.74, 6) is -1.34. The average molecular weight is 582 g/mol. The van der Waals surface area contributed by atoms with E-state index in [0.717, 1.165) is 31.4 Å². The number of sulfonamides is 1. The van der Waals surface area contributed by atoms with E-state index in [1.54, 1.807) is 0 Å². The third-order valence-corrected chi connectivity index (χ3v) is 9.66. The van der Waals surface area contributed by atoms with Crippen molar-refractivity contribution in [1.29, 1.82) is 0 Å². The topological polar surface area (TPSA) is 128 Å². The van der Waals surface area contributed by atoms with Gasteiger partial charge in [0.25, 0.3) is 0 Å². The fraction of sp³-hybridized carbons (Fsp3) is 0.636. The number of nitrogens with two attached hydrogens (primary N) is 1. The number of hydrogen-bond donors (Lipinski definition) is 3. The lowest BCUT2D eigenvalue weighted by molar-refractivity contribution is -0.275. The van der Waals surface area contributed by atoms with Crippen LogP contribution in [0.25, 0.3) is 0 Å². The summed E-state index contributed by atoms with van der Waals surface area (Å²) < 4.78 is 70.9. The Morgan fingerprint density at radius 2 is 1.74 bits per heavy atom. The number of carbonyl (C=O) groups is 2. The number of rotatable bonds is 7. The van der Waals surface area contributed by atoms with E-state index in [2.05, 4.69) is 30.7 Å². The fourth-order valence-electron chi connectivity index (χ4n) is 6.24. The van der Waals surface area contributed by atoms with Gasteiger partial charge in [-0.05, 0) is 81.9 Å². The zero-order chi connectivity index (χ0) is 26.0. The van der Waals surface area contributed by atoms with Gasteiger partial charge in [0.15, 0.2) is 5.75 Å². The Bertz CT molecular complexity index is 1140. The van der Waals surface area contributed by atoms with Gasteiger partial charge < -0.3 is 15.8 Å². The molecule has 1 aromatic carbocycles. The van der Waals surface area contributed by atoms with Crippen molar-refractivity contribution in [3.63, 3.8) is 0 Å². The first-order valence-electron chi connectivity index (χ1n) is 11.2. The molecule has 5 rings (SSSR count). The number of carbonyl (C=O) groups excluding carboxylic acids is 2. The summed E-state index contributed by atoms with van der Waals surface area (Å²) in [6.07, 6.45) is -1.44. The van der Waals surface area contributed by atoms with Gasteiger partial charge in [-0.1, -0.05) is 15.9 Å². The smallest absolute Gasteiger partial charge is 0.404 e. The standard InChI is InChI=1S/C22H27BrF3N3O5S/c1-20(2,29-35(32,33)16-4-3-14(23)7-15(16)34-22(24,25)26)19(31)28-17-12-5-11-6-13(17)10-21(8-11,9-12)18(27)30/h3-4,7,11-13,17,29H,5-6,8-10H2,1-2H3,(H2,27,30)(H,28,31). The molecule has 35 heavy (non-hydrogen) atoms. The molecule has 2 amide bonds. The van der Waals surface area contributed by atoms with Gasteiger partial charge in [0.05, 0.1) is 0 Å². The van der Waals surface area contributed by atoms with Crippen LogP contribution in [0.5, 0.6) is 5.75 Å². The average Bonchev–Trinajstić information content (AvgIpc) is 2.67. The molecule has 2 atom stereocenters. The van der Waals surface area contributed by atoms with Crippen molar-refractivity contribution in [3.8, 4) is 5.75 Å². The summed E-state index contributed by atoms with van der Waals surface area (Å²) in [4.78, 5) is 24.6. The predicted molar refractivity (Wildman–Crippen MR) is 122 cm³/mol. The Morgan fingerprint density at radius 1 is 1.14 bits per heavy atom. The van der Waals surface area contributed by atoms with Crippen LogP contribution >= 0.6 is 15.9 Å². The second-order valence-electron chi connectivity index (χ2n) is 10.5. The lowest BCUT2D eigenvalue weighted by Gasteiger charge is -2.59. The molecule has 8 nitrogen and oxygen atoms in total. The molecular formula is C22H27BrF3N3O5S. The second-order valence-corrected chi connectivity index (χ2v) is 13.0. The van der Waals surface area contributed by atoms with E-state index in [9.17, 15) is 31.2 Å². The molecule has 4 bridgehead atoms. The van der Waals surface area contributed by atoms with E-state index in [1.165, 1.54) is 19.9 Å². The number of ether oxygens (including phenoxy) is 1. The SMILES string of the molecule is CC(C)(NS(=O)(=O)c1ccc(Br)cc1OC(F)(F)F)C(=O)NC1C2CC3CC1CC(C(N)=O)(C3)C2. The van der Waals surface area contributed by atoms with E-state index >= 15 is 0 Å². The van der Waals surface area contributed by atoms with Crippen molar-refractivity contribution in [3.05, 3.63) is 22.7 Å². The van der Waals surface area contributed by atoms with Crippen molar-refractivity contribution in [2.75, 3.05) is 0 Å². The minimum atomic E-state index is -5.11. The highest BCUT2D eigenvalue weighted by Crippen LogP contribution is 2.60. The molecule has 2 unspecified atom stereocenters. The van der Waals surface area contributed by atoms with Crippen molar-refractivity contribution >= 4 is 37.8 Å². The lowest BCUT2D eigenvalue weighted by Crippen LogP contribution is -2.65. The second kappa shape index (κ2) is 8.62. The van der Waals surface area contributed by atoms with Gasteiger partial charge >= 0.3 is 6.36 Å². The van der Waals surface area contributed by atoms with E-state index in [4.69, 9.17) is 5.73 Å². The zero-order valence-electron chi connectivity index (χ0n) is 19.1. The lowest BCUT2D eigenvalue weighted by atomic mass is 9.47. The molecule has 13 heteroatoms. The van der Waals surface area contributed by atoms with Gasteiger partial charge in [0.1, 0.15) is 10.4 Å². The molecule has 0 saturated heterocycles. The Labute approximate surface area is 209 Å². The van der Waals surface area contributed by atoms with Crippen LogP contribution in [0.15, 0.2) is 27.6 Å². The van der Waals surface area contributed by atoms with Crippen LogP contribution in [0, 0.1) is 23.2 Å². The summed E-state index contributed by atoms with van der Waals surface area (Å²) in [5, 5.41) is 2.96. The van der Waals surface area contributed by atoms with Crippen molar-refractivity contribution in [2.24, 2.45) is 28.9 Å². The fourth-order valence-corrected chi connectivity index (χ4v) is 8.07. The summed E-state index contributed by atoms with van der Waals surface area (Å²) in [6.45, 7) is 2.67. The maximum atomic E-state index is 13.2. The Kier molecular flexibility index (Phi) is 6.45. The molecule has 4 aliphatic rings. The molecule has 4 saturated carbocycles. The van der Waals surface area contributed by atoms with Crippen LogP contribution in [0.1, 0.15) is 46.0 Å². The number of halogens is 4. The zero-order valence-corrected chi connectivity index (χ0v) is 21.5. The molecular weight excluding hydrogens is 555 g/mol. The summed E-state index contributed by atoms with van der Waals surface area (Å²) in [7, 11) is -4.58. The van der Waals surface area contributed by atoms with Crippen LogP contribution in [0.4, 0.5) is 13.2 Å². The molecule has 4 fully saturated rings. The first-order valence-corrected chi connectivity index (χ1v) is 13.5. The van der Waals surface area contributed by atoms with Crippen molar-refractivity contribution in [2.45, 2.75) is 68.8 Å². The van der Waals surface area contributed by atoms with Crippen LogP contribution in [0.3, 0.4) is 0 Å². The van der Waals surface area contributed by atoms with Crippen LogP contribution < -0.4 is 20.5 Å². The van der Waals surface area contributed by atoms with Gasteiger partial charge in [-0.3, -0.25) is 9.59 Å². The minimum absolute atomic E-state index is 0.0587. The normalized spacial score (nSPS) is 30.2. The third kappa shape index (κ3) is 5.17. The first-order chi connectivity index (χ1) is 16.0. The van der Waals surface area contributed by atoms with Gasteiger partial charge in [-0.25, -0.2) is 8.42 Å². The largest absolute Gasteiger partial charge is 0.573 e. The van der Waals surface area contributed by atoms with Gasteiger partial charge in [-0.15, -0.1) is 13.2 Å². The van der Waals surface area contributed by atoms with Gasteiger partial charge in [-0.2, -0.15) is 4.72 Å². The molecule has 0 heterocycles. The van der Waals surface area contributed by atoms with Gasteiger partial charge in [0.2, 0.25) is 21.8 Å². The predicted octanol–water partition coefficient (Wildman–Crippen LogP) is 3.20. The molecule has 0 radical (unpaired) electrons. The highest BCUT2D eigenvalue weighted by Gasteiger charge is 2.58. The molecule has 0 aromatic heterocycles. The minimum Gasteiger partial charge on any atom is -0.404 e. The number of primary amides is 1. The van der Waals surface area contributed by atoms with E-state index < -0.39 is 43.9 Å². The monoisotopic (exact) mass is 581 g/mol. The van der Waals surface area contributed by atoms with Crippen LogP contribution in [-0.4, -0.2) is 38.2 Å². The molecule has 0 spiro atoms. The molecule has 194 valence electrons. The van der Waals surface area contributed by atoms with Crippen molar-refractivity contribution in [1.82, 2.24) is 10.0 Å². The highest BCUT2D eigenvalue weighted by molar-refractivity contribution is 9.10. The summed E-state index contributed by atoms with van der Waals surface area (Å²) >= 11 is 3.00. The quantitative estimate of drug-likeness (QED) is 0.455. The van der Waals surface area contributed by atoms with E-state index in [0.29, 0.717) is 18.8 Å². The molecule has 0 aliphatic heterocycles. The number of nitrogens with one attached hydrogen (secondary N) is 2. The molecule has 4 N–H and O–H groups in total. The highest BCUT2D eigenvalue weighted by atomic mass is 79.9. The first kappa shape index (κ1) is 26.2. The molecule has 4 aliphatic carbocycles. The number of amides is 2. The number of alkyl halides is 3. The van der Waals surface area contributed by atoms with E-state index in [-0.39, 0.29) is 28.3 Å². The maximum Gasteiger partial charge on any atom is 0.573 e. The maximum absolute atomic E-state index is 13.2. The Balaban J connectivity index is 1.51. The van der Waals surface area contributed by atoms with Gasteiger partial charge in [0, 0.05) is 15.9 Å². The molecule has 1 aromatic rings.